The van der Waals surface area contributed by atoms with Crippen LogP contribution in [0.4, 0.5) is 14.9 Å². The number of rotatable bonds is 2. The van der Waals surface area contributed by atoms with Gasteiger partial charge < -0.3 is 10.6 Å². The molecule has 1 saturated carbocycles. The Labute approximate surface area is 114 Å². The van der Waals surface area contributed by atoms with Crippen molar-refractivity contribution in [2.45, 2.75) is 38.1 Å². The molecule has 0 bridgehead atoms. The molecule has 1 fully saturated rings. The summed E-state index contributed by atoms with van der Waals surface area (Å²) >= 11 is 3.22. The third-order valence-electron chi connectivity index (χ3n) is 3.14. The van der Waals surface area contributed by atoms with Crippen LogP contribution in [0.5, 0.6) is 0 Å². The van der Waals surface area contributed by atoms with Crippen LogP contribution in [0.25, 0.3) is 0 Å². The summed E-state index contributed by atoms with van der Waals surface area (Å²) in [6, 6.07) is 4.47. The van der Waals surface area contributed by atoms with Gasteiger partial charge in [-0.3, -0.25) is 0 Å². The van der Waals surface area contributed by atoms with E-state index in [9.17, 15) is 9.18 Å². The number of hydrogen-bond acceptors (Lipinski definition) is 1. The summed E-state index contributed by atoms with van der Waals surface area (Å²) in [6.45, 7) is 0. The lowest BCUT2D eigenvalue weighted by molar-refractivity contribution is 0.244. The van der Waals surface area contributed by atoms with Crippen molar-refractivity contribution in [1.82, 2.24) is 5.32 Å². The quantitative estimate of drug-likeness (QED) is 0.849. The van der Waals surface area contributed by atoms with Crippen LogP contribution in [0.15, 0.2) is 22.7 Å². The highest BCUT2D eigenvalue weighted by molar-refractivity contribution is 9.10. The van der Waals surface area contributed by atoms with E-state index in [1.165, 1.54) is 12.5 Å². The molecule has 0 atom stereocenters. The minimum absolute atomic E-state index is 0.186. The third-order valence-corrected chi connectivity index (χ3v) is 3.80. The van der Waals surface area contributed by atoms with E-state index >= 15 is 0 Å². The Hall–Kier alpha value is -1.10. The number of hydrogen-bond donors (Lipinski definition) is 2. The second-order valence-corrected chi connectivity index (χ2v) is 5.38. The lowest BCUT2D eigenvalue weighted by atomic mass is 9.96. The number of amides is 2. The van der Waals surface area contributed by atoms with Crippen molar-refractivity contribution in [2.24, 2.45) is 0 Å². The Morgan fingerprint density at radius 2 is 2.00 bits per heavy atom. The van der Waals surface area contributed by atoms with E-state index in [-0.39, 0.29) is 17.8 Å². The molecule has 0 spiro atoms. The van der Waals surface area contributed by atoms with Crippen LogP contribution in [0.2, 0.25) is 0 Å². The number of carbonyl (C=O) groups excluding carboxylic acids is 1. The first-order valence-electron chi connectivity index (χ1n) is 6.18. The molecule has 0 aliphatic heterocycles. The Morgan fingerprint density at radius 1 is 1.28 bits per heavy atom. The molecule has 2 N–H and O–H groups in total. The molecule has 0 radical (unpaired) electrons. The third kappa shape index (κ3) is 3.45. The molecule has 2 rings (SSSR count). The first kappa shape index (κ1) is 13.3. The maximum Gasteiger partial charge on any atom is 0.319 e. The van der Waals surface area contributed by atoms with E-state index in [4.69, 9.17) is 0 Å². The fourth-order valence-electron chi connectivity index (χ4n) is 2.20. The molecule has 0 heterocycles. The molecule has 1 aromatic carbocycles. The van der Waals surface area contributed by atoms with E-state index in [2.05, 4.69) is 26.6 Å². The molecule has 2 amide bonds. The van der Waals surface area contributed by atoms with Crippen molar-refractivity contribution in [1.29, 1.82) is 0 Å². The van der Waals surface area contributed by atoms with Gasteiger partial charge in [-0.05, 0) is 40.9 Å². The van der Waals surface area contributed by atoms with Crippen LogP contribution in [0.1, 0.15) is 32.1 Å². The van der Waals surface area contributed by atoms with E-state index in [1.807, 2.05) is 0 Å². The Morgan fingerprint density at radius 3 is 2.67 bits per heavy atom. The maximum absolute atomic E-state index is 13.5. The zero-order valence-corrected chi connectivity index (χ0v) is 11.6. The molecule has 1 aliphatic carbocycles. The fourth-order valence-corrected chi connectivity index (χ4v) is 2.64. The molecule has 18 heavy (non-hydrogen) atoms. The van der Waals surface area contributed by atoms with Crippen LogP contribution in [0, 0.1) is 5.82 Å². The highest BCUT2D eigenvalue weighted by Crippen LogP contribution is 2.25. The number of halogens is 2. The van der Waals surface area contributed by atoms with Crippen molar-refractivity contribution >= 4 is 27.6 Å². The number of para-hydroxylation sites is 1. The van der Waals surface area contributed by atoms with E-state index in [0.29, 0.717) is 4.47 Å². The van der Waals surface area contributed by atoms with Gasteiger partial charge in [-0.1, -0.05) is 25.3 Å². The van der Waals surface area contributed by atoms with Gasteiger partial charge in [0, 0.05) is 10.5 Å². The summed E-state index contributed by atoms with van der Waals surface area (Å²) in [6.07, 6.45) is 5.54. The van der Waals surface area contributed by atoms with Crippen LogP contribution < -0.4 is 10.6 Å². The topological polar surface area (TPSA) is 41.1 Å². The van der Waals surface area contributed by atoms with E-state index in [0.717, 1.165) is 25.7 Å². The van der Waals surface area contributed by atoms with Crippen molar-refractivity contribution < 1.29 is 9.18 Å². The second kappa shape index (κ2) is 6.18. The summed E-state index contributed by atoms with van der Waals surface area (Å²) in [5.41, 5.74) is 0.186. The van der Waals surface area contributed by atoms with Gasteiger partial charge >= 0.3 is 6.03 Å². The Bertz CT molecular complexity index is 413. The fraction of sp³-hybridized carbons (Fsp3) is 0.462. The smallest absolute Gasteiger partial charge is 0.319 e. The number of benzene rings is 1. The average molecular weight is 315 g/mol. The predicted molar refractivity (Wildman–Crippen MR) is 73.1 cm³/mol. The zero-order valence-electron chi connectivity index (χ0n) is 10.0. The van der Waals surface area contributed by atoms with Gasteiger partial charge in [0.25, 0.3) is 0 Å². The Kier molecular flexibility index (Phi) is 4.58. The minimum Gasteiger partial charge on any atom is -0.335 e. The summed E-state index contributed by atoms with van der Waals surface area (Å²) < 4.78 is 14.1. The summed E-state index contributed by atoms with van der Waals surface area (Å²) in [5, 5.41) is 5.44. The van der Waals surface area contributed by atoms with Gasteiger partial charge in [0.2, 0.25) is 0 Å². The van der Waals surface area contributed by atoms with Gasteiger partial charge in [0.1, 0.15) is 5.82 Å². The van der Waals surface area contributed by atoms with Crippen LogP contribution in [0.3, 0.4) is 0 Å². The summed E-state index contributed by atoms with van der Waals surface area (Å²) in [4.78, 5) is 11.8. The number of anilines is 1. The highest BCUT2D eigenvalue weighted by atomic mass is 79.9. The summed E-state index contributed by atoms with van der Waals surface area (Å²) in [5.74, 6) is -0.442. The number of carbonyl (C=O) groups is 1. The largest absolute Gasteiger partial charge is 0.335 e. The molecule has 1 aliphatic rings. The molecule has 0 aromatic heterocycles. The minimum atomic E-state index is -0.442. The Balaban J connectivity index is 1.94. The molecule has 0 unspecified atom stereocenters. The first-order valence-corrected chi connectivity index (χ1v) is 6.97. The van der Waals surface area contributed by atoms with Crippen LogP contribution >= 0.6 is 15.9 Å². The highest BCUT2D eigenvalue weighted by Gasteiger charge is 2.17. The lowest BCUT2D eigenvalue weighted by Crippen LogP contribution is -2.39. The normalized spacial score (nSPS) is 16.3. The van der Waals surface area contributed by atoms with Crippen molar-refractivity contribution in [3.8, 4) is 0 Å². The second-order valence-electron chi connectivity index (χ2n) is 4.53. The predicted octanol–water partition coefficient (Wildman–Crippen LogP) is 4.04. The molecule has 98 valence electrons. The number of urea groups is 1. The molecular formula is C13H16BrFN2O. The molecule has 5 heteroatoms. The van der Waals surface area contributed by atoms with Crippen molar-refractivity contribution in [3.05, 3.63) is 28.5 Å². The molecule has 1 aromatic rings. The van der Waals surface area contributed by atoms with Crippen molar-refractivity contribution in [2.75, 3.05) is 5.32 Å². The van der Waals surface area contributed by atoms with Gasteiger partial charge in [0.05, 0.1) is 5.69 Å². The molecule has 0 saturated heterocycles. The van der Waals surface area contributed by atoms with E-state index in [1.54, 1.807) is 12.1 Å². The average Bonchev–Trinajstić information content (AvgIpc) is 2.35. The molecule has 3 nitrogen and oxygen atoms in total. The maximum atomic E-state index is 13.5. The molecular weight excluding hydrogens is 299 g/mol. The van der Waals surface area contributed by atoms with Gasteiger partial charge in [-0.25, -0.2) is 9.18 Å². The first-order chi connectivity index (χ1) is 8.66. The standard InChI is InChI=1S/C13H16BrFN2O/c14-10-7-4-8-11(15)12(10)17-13(18)16-9-5-2-1-3-6-9/h4,7-9H,1-3,5-6H2,(H2,16,17,18). The summed E-state index contributed by atoms with van der Waals surface area (Å²) in [7, 11) is 0. The zero-order chi connectivity index (χ0) is 13.0. The monoisotopic (exact) mass is 314 g/mol. The van der Waals surface area contributed by atoms with Crippen molar-refractivity contribution in [3.63, 3.8) is 0 Å². The van der Waals surface area contributed by atoms with E-state index < -0.39 is 5.82 Å². The van der Waals surface area contributed by atoms with Gasteiger partial charge in [-0.2, -0.15) is 0 Å². The SMILES string of the molecule is O=C(Nc1c(F)cccc1Br)NC1CCCCC1. The van der Waals surface area contributed by atoms with Crippen LogP contribution in [-0.4, -0.2) is 12.1 Å². The van der Waals surface area contributed by atoms with Gasteiger partial charge in [-0.15, -0.1) is 0 Å². The van der Waals surface area contributed by atoms with Crippen LogP contribution in [-0.2, 0) is 0 Å². The van der Waals surface area contributed by atoms with Gasteiger partial charge in [0.15, 0.2) is 0 Å². The lowest BCUT2D eigenvalue weighted by Gasteiger charge is -2.23. The number of nitrogens with one attached hydrogen (secondary N) is 2.